The summed E-state index contributed by atoms with van der Waals surface area (Å²) in [7, 11) is 1.70. The smallest absolute Gasteiger partial charge is 0.228 e. The largest absolute Gasteiger partial charge is 0.497 e. The second-order valence-electron chi connectivity index (χ2n) is 11.8. The molecule has 0 saturated carbocycles. The lowest BCUT2D eigenvalue weighted by Crippen LogP contribution is -2.60. The van der Waals surface area contributed by atoms with Gasteiger partial charge in [-0.05, 0) is 81.1 Å². The molecule has 0 radical (unpaired) electrons. The van der Waals surface area contributed by atoms with E-state index in [1.807, 2.05) is 43.3 Å². The molecule has 0 bridgehead atoms. The molecule has 4 aromatic rings. The summed E-state index contributed by atoms with van der Waals surface area (Å²) in [6.45, 7) is 16.2. The Morgan fingerprint density at radius 1 is 0.952 bits per heavy atom. The second kappa shape index (κ2) is 12.3. The number of benzene rings is 3. The molecule has 0 unspecified atom stereocenters. The fourth-order valence-corrected chi connectivity index (χ4v) is 5.67. The van der Waals surface area contributed by atoms with Crippen molar-refractivity contribution < 1.29 is 9.47 Å². The van der Waals surface area contributed by atoms with Gasteiger partial charge in [-0.15, -0.1) is 0 Å². The Bertz CT molecular complexity index is 1500. The number of hydrogen-bond acceptors (Lipinski definition) is 7. The summed E-state index contributed by atoms with van der Waals surface area (Å²) < 4.78 is 11.3. The Balaban J connectivity index is 1.48. The lowest BCUT2D eigenvalue weighted by atomic mass is 9.97. The summed E-state index contributed by atoms with van der Waals surface area (Å²) in [5.74, 6) is 3.65. The van der Waals surface area contributed by atoms with Crippen LogP contribution in [0.1, 0.15) is 51.7 Å². The maximum absolute atomic E-state index is 5.96. The number of nitrogens with zero attached hydrogens (tertiary/aromatic N) is 4. The van der Waals surface area contributed by atoms with Gasteiger partial charge in [-0.25, -0.2) is 4.98 Å². The minimum atomic E-state index is -0.135. The number of piperazine rings is 1. The maximum atomic E-state index is 5.96. The fraction of sp³-hybridized carbons (Fsp3) is 0.371. The number of nitrogens with one attached hydrogen (secondary N) is 1. The van der Waals surface area contributed by atoms with Gasteiger partial charge in [0.15, 0.2) is 0 Å². The molecule has 3 aromatic carbocycles. The lowest BCUT2D eigenvalue weighted by Gasteiger charge is -2.48. The molecule has 7 nitrogen and oxygen atoms in total. The van der Waals surface area contributed by atoms with Crippen LogP contribution in [0.15, 0.2) is 72.8 Å². The third-order valence-corrected chi connectivity index (χ3v) is 7.89. The molecule has 1 aliphatic rings. The third kappa shape index (κ3) is 6.30. The zero-order chi connectivity index (χ0) is 29.9. The molecule has 1 N–H and O–H groups in total. The molecular formula is C35H43N5O2. The first-order valence-corrected chi connectivity index (χ1v) is 14.8. The minimum Gasteiger partial charge on any atom is -0.497 e. The molecule has 0 spiro atoms. The molecule has 1 aromatic heterocycles. The van der Waals surface area contributed by atoms with Crippen LogP contribution in [0.25, 0.3) is 11.3 Å². The van der Waals surface area contributed by atoms with Crippen LogP contribution in [0.3, 0.4) is 0 Å². The summed E-state index contributed by atoms with van der Waals surface area (Å²) in [5.41, 5.74) is 6.32. The van der Waals surface area contributed by atoms with E-state index in [0.717, 1.165) is 65.4 Å². The second-order valence-corrected chi connectivity index (χ2v) is 11.8. The van der Waals surface area contributed by atoms with Crippen molar-refractivity contribution in [2.24, 2.45) is 0 Å². The van der Waals surface area contributed by atoms with Gasteiger partial charge in [0.25, 0.3) is 0 Å². The van der Waals surface area contributed by atoms with E-state index >= 15 is 0 Å². The molecule has 220 valence electrons. The van der Waals surface area contributed by atoms with Crippen LogP contribution in [0.2, 0.25) is 0 Å². The number of ether oxygens (including phenoxy) is 2. The molecule has 42 heavy (non-hydrogen) atoms. The zero-order valence-electron chi connectivity index (χ0n) is 25.9. The molecule has 1 saturated heterocycles. The molecule has 0 atom stereocenters. The van der Waals surface area contributed by atoms with Gasteiger partial charge in [-0.1, -0.05) is 44.2 Å². The van der Waals surface area contributed by atoms with Gasteiger partial charge in [-0.3, -0.25) is 0 Å². The van der Waals surface area contributed by atoms with Crippen LogP contribution in [0.5, 0.6) is 11.5 Å². The van der Waals surface area contributed by atoms with Crippen molar-refractivity contribution in [3.05, 3.63) is 83.9 Å². The van der Waals surface area contributed by atoms with Gasteiger partial charge in [0, 0.05) is 42.6 Å². The third-order valence-electron chi connectivity index (χ3n) is 7.89. The Hall–Kier alpha value is -4.26. The SMILES string of the molecule is CCOc1cc(C)c(Nc2cc(-c3ccccc3)nc(N3CCN(c4ccc(OC)cc4)C(C)(C)C3)n2)cc1C(C)C. The Morgan fingerprint density at radius 2 is 1.69 bits per heavy atom. The van der Waals surface area contributed by atoms with Gasteiger partial charge in [0.1, 0.15) is 17.3 Å². The van der Waals surface area contributed by atoms with Crippen LogP contribution in [-0.2, 0) is 0 Å². The molecule has 0 aliphatic carbocycles. The Kier molecular flexibility index (Phi) is 8.57. The number of methoxy groups -OCH3 is 1. The molecule has 1 fully saturated rings. The number of anilines is 4. The summed E-state index contributed by atoms with van der Waals surface area (Å²) in [4.78, 5) is 14.9. The Labute approximate surface area is 250 Å². The molecule has 0 amide bonds. The van der Waals surface area contributed by atoms with Crippen molar-refractivity contribution in [1.29, 1.82) is 0 Å². The van der Waals surface area contributed by atoms with Gasteiger partial charge in [0.2, 0.25) is 5.95 Å². The average Bonchev–Trinajstić information content (AvgIpc) is 2.98. The lowest BCUT2D eigenvalue weighted by molar-refractivity contribution is 0.335. The van der Waals surface area contributed by atoms with Gasteiger partial charge in [0.05, 0.1) is 24.9 Å². The fourth-order valence-electron chi connectivity index (χ4n) is 5.67. The van der Waals surface area contributed by atoms with Gasteiger partial charge in [-0.2, -0.15) is 4.98 Å². The minimum absolute atomic E-state index is 0.135. The van der Waals surface area contributed by atoms with E-state index in [-0.39, 0.29) is 5.54 Å². The quantitative estimate of drug-likeness (QED) is 0.222. The highest BCUT2D eigenvalue weighted by Crippen LogP contribution is 2.35. The summed E-state index contributed by atoms with van der Waals surface area (Å²) in [5, 5.41) is 3.64. The van der Waals surface area contributed by atoms with Crippen LogP contribution >= 0.6 is 0 Å². The van der Waals surface area contributed by atoms with Crippen molar-refractivity contribution in [3.63, 3.8) is 0 Å². The highest BCUT2D eigenvalue weighted by Gasteiger charge is 2.35. The number of aryl methyl sites for hydroxylation is 1. The van der Waals surface area contributed by atoms with E-state index in [2.05, 4.69) is 86.1 Å². The molecule has 2 heterocycles. The highest BCUT2D eigenvalue weighted by atomic mass is 16.5. The zero-order valence-corrected chi connectivity index (χ0v) is 25.9. The molecule has 7 heteroatoms. The van der Waals surface area contributed by atoms with Crippen molar-refractivity contribution >= 4 is 23.1 Å². The number of aromatic nitrogens is 2. The van der Waals surface area contributed by atoms with Crippen molar-refractivity contribution in [3.8, 4) is 22.8 Å². The first-order chi connectivity index (χ1) is 20.2. The normalized spacial score (nSPS) is 14.7. The van der Waals surface area contributed by atoms with Gasteiger partial charge < -0.3 is 24.6 Å². The molecular weight excluding hydrogens is 522 g/mol. The first kappa shape index (κ1) is 29.2. The number of hydrogen-bond donors (Lipinski definition) is 1. The predicted octanol–water partition coefficient (Wildman–Crippen LogP) is 7.83. The van der Waals surface area contributed by atoms with E-state index in [0.29, 0.717) is 12.5 Å². The molecule has 5 rings (SSSR count). The average molecular weight is 566 g/mol. The van der Waals surface area contributed by atoms with E-state index in [9.17, 15) is 0 Å². The molecule has 1 aliphatic heterocycles. The van der Waals surface area contributed by atoms with Crippen LogP contribution < -0.4 is 24.6 Å². The summed E-state index contributed by atoms with van der Waals surface area (Å²) in [6.07, 6.45) is 0. The van der Waals surface area contributed by atoms with Crippen molar-refractivity contribution in [1.82, 2.24) is 9.97 Å². The Morgan fingerprint density at radius 3 is 2.33 bits per heavy atom. The highest BCUT2D eigenvalue weighted by molar-refractivity contribution is 5.70. The summed E-state index contributed by atoms with van der Waals surface area (Å²) >= 11 is 0. The number of rotatable bonds is 9. The monoisotopic (exact) mass is 565 g/mol. The predicted molar refractivity (Wildman–Crippen MR) is 174 cm³/mol. The van der Waals surface area contributed by atoms with E-state index < -0.39 is 0 Å². The maximum Gasteiger partial charge on any atom is 0.228 e. The standard InChI is InChI=1S/C35H43N5O2/c1-8-42-32-20-25(4)30(21-29(32)24(2)3)36-33-22-31(26-12-10-9-11-13-26)37-34(38-33)39-18-19-40(35(5,6)23-39)27-14-16-28(41-7)17-15-27/h9-17,20-22,24H,8,18-19,23H2,1-7H3,(H,36,37,38). The van der Waals surface area contributed by atoms with Crippen LogP contribution in [0.4, 0.5) is 23.1 Å². The first-order valence-electron chi connectivity index (χ1n) is 14.8. The van der Waals surface area contributed by atoms with Gasteiger partial charge >= 0.3 is 0 Å². The van der Waals surface area contributed by atoms with Crippen molar-refractivity contribution in [2.45, 2.75) is 53.0 Å². The van der Waals surface area contributed by atoms with E-state index in [4.69, 9.17) is 19.4 Å². The van der Waals surface area contributed by atoms with Crippen LogP contribution in [-0.4, -0.2) is 48.9 Å². The summed E-state index contributed by atoms with van der Waals surface area (Å²) in [6, 6.07) is 25.0. The topological polar surface area (TPSA) is 62.8 Å². The van der Waals surface area contributed by atoms with E-state index in [1.54, 1.807) is 7.11 Å². The van der Waals surface area contributed by atoms with Crippen molar-refractivity contribution in [2.75, 3.05) is 48.5 Å². The van der Waals surface area contributed by atoms with E-state index in [1.165, 1.54) is 11.3 Å². The van der Waals surface area contributed by atoms with Crippen LogP contribution in [0, 0.1) is 6.92 Å².